The quantitative estimate of drug-likeness (QED) is 0.652. The van der Waals surface area contributed by atoms with Crippen LogP contribution in [0.4, 0.5) is 27.6 Å². The predicted molar refractivity (Wildman–Crippen MR) is 77.6 cm³/mol. The van der Waals surface area contributed by atoms with Crippen LogP contribution in [0.15, 0.2) is 42.6 Å². The number of hydrogen-bond acceptors (Lipinski definition) is 1. The average Bonchev–Trinajstić information content (AvgIpc) is 2.89. The Morgan fingerprint density at radius 3 is 2.46 bits per heavy atom. The van der Waals surface area contributed by atoms with E-state index in [9.17, 15) is 26.7 Å². The first kappa shape index (κ1) is 16.0. The van der Waals surface area contributed by atoms with E-state index in [0.717, 1.165) is 24.3 Å². The summed E-state index contributed by atoms with van der Waals surface area (Å²) < 4.78 is 64.5. The Morgan fingerprint density at radius 2 is 1.75 bits per heavy atom. The van der Waals surface area contributed by atoms with Gasteiger partial charge in [0.05, 0.1) is 16.8 Å². The number of nitrogens with one attached hydrogen (secondary N) is 2. The number of benzene rings is 2. The molecule has 3 aromatic rings. The first-order valence-electron chi connectivity index (χ1n) is 6.70. The molecular formula is C16H9F5N2O. The normalized spacial score (nSPS) is 11.7. The van der Waals surface area contributed by atoms with Gasteiger partial charge in [0.2, 0.25) is 0 Å². The van der Waals surface area contributed by atoms with Gasteiger partial charge in [0.1, 0.15) is 0 Å². The second kappa shape index (κ2) is 5.63. The van der Waals surface area contributed by atoms with Gasteiger partial charge < -0.3 is 10.3 Å². The number of amides is 1. The van der Waals surface area contributed by atoms with Crippen LogP contribution in [0.5, 0.6) is 0 Å². The molecule has 0 saturated carbocycles. The van der Waals surface area contributed by atoms with Crippen molar-refractivity contribution in [2.24, 2.45) is 0 Å². The van der Waals surface area contributed by atoms with E-state index in [0.29, 0.717) is 6.07 Å². The number of aromatic amines is 1. The van der Waals surface area contributed by atoms with E-state index in [1.165, 1.54) is 12.3 Å². The second-order valence-corrected chi connectivity index (χ2v) is 5.05. The second-order valence-electron chi connectivity index (χ2n) is 5.05. The predicted octanol–water partition coefficient (Wildman–Crippen LogP) is 4.72. The Hall–Kier alpha value is -2.90. The van der Waals surface area contributed by atoms with Gasteiger partial charge >= 0.3 is 6.18 Å². The van der Waals surface area contributed by atoms with Gasteiger partial charge in [-0.1, -0.05) is 6.07 Å². The van der Waals surface area contributed by atoms with E-state index in [-0.39, 0.29) is 22.2 Å². The van der Waals surface area contributed by atoms with Gasteiger partial charge in [0, 0.05) is 23.2 Å². The van der Waals surface area contributed by atoms with Gasteiger partial charge in [-0.15, -0.1) is 0 Å². The molecule has 0 aliphatic rings. The van der Waals surface area contributed by atoms with Gasteiger partial charge in [-0.05, 0) is 24.3 Å². The third-order valence-corrected chi connectivity index (χ3v) is 3.42. The number of aromatic nitrogens is 1. The zero-order chi connectivity index (χ0) is 17.5. The molecule has 1 amide bonds. The van der Waals surface area contributed by atoms with E-state index < -0.39 is 29.3 Å². The van der Waals surface area contributed by atoms with Crippen molar-refractivity contribution < 1.29 is 26.7 Å². The maximum absolute atomic E-state index is 13.3. The van der Waals surface area contributed by atoms with Crippen molar-refractivity contribution in [1.82, 2.24) is 4.98 Å². The van der Waals surface area contributed by atoms with Crippen LogP contribution >= 0.6 is 0 Å². The van der Waals surface area contributed by atoms with Crippen molar-refractivity contribution in [3.8, 4) is 0 Å². The standard InChI is InChI=1S/C16H9F5N2O/c17-11-5-10-13(6-12(11)18)22-7-14(10)23-15(24)8-2-1-3-9(4-8)16(19,20)21/h1-7,22H,(H,23,24). The molecule has 124 valence electrons. The number of anilines is 1. The lowest BCUT2D eigenvalue weighted by Gasteiger charge is -2.09. The Balaban J connectivity index is 1.92. The fourth-order valence-corrected chi connectivity index (χ4v) is 2.25. The highest BCUT2D eigenvalue weighted by Crippen LogP contribution is 2.30. The minimum atomic E-state index is -4.57. The fourth-order valence-electron chi connectivity index (χ4n) is 2.25. The Labute approximate surface area is 132 Å². The van der Waals surface area contributed by atoms with Crippen LogP contribution in [0.2, 0.25) is 0 Å². The number of carbonyl (C=O) groups is 1. The molecule has 24 heavy (non-hydrogen) atoms. The lowest BCUT2D eigenvalue weighted by Crippen LogP contribution is -2.13. The number of H-pyrrole nitrogens is 1. The number of rotatable bonds is 2. The molecule has 0 radical (unpaired) electrons. The number of halogens is 5. The van der Waals surface area contributed by atoms with Crippen LogP contribution in [0.1, 0.15) is 15.9 Å². The molecule has 0 bridgehead atoms. The monoisotopic (exact) mass is 340 g/mol. The SMILES string of the molecule is O=C(Nc1c[nH]c2cc(F)c(F)cc12)c1cccc(C(F)(F)F)c1. The summed E-state index contributed by atoms with van der Waals surface area (Å²) in [5.74, 6) is -2.96. The summed E-state index contributed by atoms with van der Waals surface area (Å²) in [5.41, 5.74) is -0.788. The Morgan fingerprint density at radius 1 is 1.04 bits per heavy atom. The van der Waals surface area contributed by atoms with Crippen LogP contribution in [0.3, 0.4) is 0 Å². The van der Waals surface area contributed by atoms with Crippen molar-refractivity contribution in [2.75, 3.05) is 5.32 Å². The minimum absolute atomic E-state index is 0.131. The van der Waals surface area contributed by atoms with E-state index in [1.807, 2.05) is 0 Å². The lowest BCUT2D eigenvalue weighted by molar-refractivity contribution is -0.137. The molecule has 0 fully saturated rings. The van der Waals surface area contributed by atoms with Crippen molar-refractivity contribution in [3.63, 3.8) is 0 Å². The molecule has 0 spiro atoms. The summed E-state index contributed by atoms with van der Waals surface area (Å²) in [6.45, 7) is 0. The maximum atomic E-state index is 13.3. The zero-order valence-corrected chi connectivity index (χ0v) is 11.8. The van der Waals surface area contributed by atoms with Gasteiger partial charge in [-0.2, -0.15) is 13.2 Å². The zero-order valence-electron chi connectivity index (χ0n) is 11.8. The van der Waals surface area contributed by atoms with E-state index in [2.05, 4.69) is 10.3 Å². The van der Waals surface area contributed by atoms with Crippen molar-refractivity contribution >= 4 is 22.5 Å². The molecule has 1 heterocycles. The topological polar surface area (TPSA) is 44.9 Å². The first-order chi connectivity index (χ1) is 11.3. The van der Waals surface area contributed by atoms with E-state index in [4.69, 9.17) is 0 Å². The molecule has 1 aromatic heterocycles. The highest BCUT2D eigenvalue weighted by molar-refractivity contribution is 6.09. The van der Waals surface area contributed by atoms with Crippen molar-refractivity contribution in [3.05, 3.63) is 65.4 Å². The molecule has 8 heteroatoms. The minimum Gasteiger partial charge on any atom is -0.359 e. The van der Waals surface area contributed by atoms with Crippen LogP contribution < -0.4 is 5.32 Å². The summed E-state index contributed by atoms with van der Waals surface area (Å²) in [6, 6.07) is 5.71. The molecule has 0 aliphatic carbocycles. The van der Waals surface area contributed by atoms with Crippen LogP contribution in [0, 0.1) is 11.6 Å². The summed E-state index contributed by atoms with van der Waals surface area (Å²) in [6.07, 6.45) is -3.27. The third-order valence-electron chi connectivity index (χ3n) is 3.42. The van der Waals surface area contributed by atoms with E-state index in [1.54, 1.807) is 0 Å². The van der Waals surface area contributed by atoms with Gasteiger partial charge in [-0.25, -0.2) is 8.78 Å². The molecule has 0 saturated heterocycles. The molecule has 0 aliphatic heterocycles. The van der Waals surface area contributed by atoms with E-state index >= 15 is 0 Å². The summed E-state index contributed by atoms with van der Waals surface area (Å²) >= 11 is 0. The van der Waals surface area contributed by atoms with Crippen LogP contribution in [0.25, 0.3) is 10.9 Å². The number of hydrogen-bond donors (Lipinski definition) is 2. The molecular weight excluding hydrogens is 331 g/mol. The number of fused-ring (bicyclic) bond motifs is 1. The summed E-state index contributed by atoms with van der Waals surface area (Å²) in [5, 5.41) is 2.58. The maximum Gasteiger partial charge on any atom is 0.416 e. The highest BCUT2D eigenvalue weighted by Gasteiger charge is 2.30. The van der Waals surface area contributed by atoms with Gasteiger partial charge in [0.25, 0.3) is 5.91 Å². The molecule has 2 N–H and O–H groups in total. The Kier molecular flexibility index (Phi) is 3.75. The largest absolute Gasteiger partial charge is 0.416 e. The van der Waals surface area contributed by atoms with Crippen LogP contribution in [-0.2, 0) is 6.18 Å². The van der Waals surface area contributed by atoms with Gasteiger partial charge in [-0.3, -0.25) is 4.79 Å². The fraction of sp³-hybridized carbons (Fsp3) is 0.0625. The average molecular weight is 340 g/mol. The molecule has 0 atom stereocenters. The first-order valence-corrected chi connectivity index (χ1v) is 6.70. The number of carbonyl (C=O) groups excluding carboxylic acids is 1. The summed E-state index contributed by atoms with van der Waals surface area (Å²) in [4.78, 5) is 14.8. The molecule has 0 unspecified atom stereocenters. The van der Waals surface area contributed by atoms with Gasteiger partial charge in [0.15, 0.2) is 11.6 Å². The lowest BCUT2D eigenvalue weighted by atomic mass is 10.1. The Bertz CT molecular complexity index is 930. The number of alkyl halides is 3. The van der Waals surface area contributed by atoms with Crippen molar-refractivity contribution in [1.29, 1.82) is 0 Å². The third kappa shape index (κ3) is 2.94. The van der Waals surface area contributed by atoms with Crippen molar-refractivity contribution in [2.45, 2.75) is 6.18 Å². The smallest absolute Gasteiger partial charge is 0.359 e. The molecule has 3 nitrogen and oxygen atoms in total. The highest BCUT2D eigenvalue weighted by atomic mass is 19.4. The summed E-state index contributed by atoms with van der Waals surface area (Å²) in [7, 11) is 0. The molecule has 2 aromatic carbocycles. The molecule has 3 rings (SSSR count). The van der Waals surface area contributed by atoms with Crippen LogP contribution in [-0.4, -0.2) is 10.9 Å².